The van der Waals surface area contributed by atoms with Crippen LogP contribution in [0.3, 0.4) is 0 Å². The van der Waals surface area contributed by atoms with Crippen LogP contribution in [0, 0.1) is 5.92 Å². The molecule has 3 atom stereocenters. The number of carbonyl (C=O) groups excluding carboxylic acids is 3. The van der Waals surface area contributed by atoms with Gasteiger partial charge < -0.3 is 16.8 Å². The number of nitrogens with one attached hydrogen (secondary N) is 1. The zero-order valence-corrected chi connectivity index (χ0v) is 20.9. The van der Waals surface area contributed by atoms with Crippen molar-refractivity contribution in [3.8, 4) is 0 Å². The van der Waals surface area contributed by atoms with E-state index in [1.54, 1.807) is 0 Å². The number of carbonyl (C=O) groups is 3. The molecule has 1 amide bonds. The third kappa shape index (κ3) is 10.5. The summed E-state index contributed by atoms with van der Waals surface area (Å²) in [5.41, 5.74) is 14.3. The first-order valence-corrected chi connectivity index (χ1v) is 12.5. The molecule has 6 nitrogen and oxygen atoms in total. The van der Waals surface area contributed by atoms with E-state index in [1.807, 2.05) is 60.7 Å². The predicted molar refractivity (Wildman–Crippen MR) is 141 cm³/mol. The summed E-state index contributed by atoms with van der Waals surface area (Å²) in [6, 6.07) is 17.6. The minimum absolute atomic E-state index is 0.0104. The molecule has 0 bridgehead atoms. The van der Waals surface area contributed by atoms with Gasteiger partial charge in [-0.25, -0.2) is 0 Å². The average Bonchev–Trinajstić information content (AvgIpc) is 2.85. The van der Waals surface area contributed by atoms with E-state index in [9.17, 15) is 14.4 Å². The van der Waals surface area contributed by atoms with Crippen LogP contribution in [0.5, 0.6) is 0 Å². The van der Waals surface area contributed by atoms with Gasteiger partial charge in [0.15, 0.2) is 11.6 Å². The average molecular weight is 498 g/mol. The third-order valence-corrected chi connectivity index (χ3v) is 6.20. The highest BCUT2D eigenvalue weighted by Crippen LogP contribution is 2.17. The summed E-state index contributed by atoms with van der Waals surface area (Å²) in [7, 11) is 0. The van der Waals surface area contributed by atoms with Crippen molar-refractivity contribution in [2.45, 2.75) is 57.0 Å². The maximum atomic E-state index is 13.3. The molecular formula is C28H36ClN3O3. The monoisotopic (exact) mass is 497 g/mol. The lowest BCUT2D eigenvalue weighted by atomic mass is 9.89. The van der Waals surface area contributed by atoms with Gasteiger partial charge in [-0.1, -0.05) is 73.7 Å². The van der Waals surface area contributed by atoms with Crippen molar-refractivity contribution < 1.29 is 14.4 Å². The second-order valence-electron chi connectivity index (χ2n) is 8.92. The minimum atomic E-state index is -0.715. The molecule has 0 saturated heterocycles. The first-order chi connectivity index (χ1) is 16.8. The van der Waals surface area contributed by atoms with Crippen molar-refractivity contribution in [2.75, 3.05) is 5.88 Å². The highest BCUT2D eigenvalue weighted by atomic mass is 35.5. The van der Waals surface area contributed by atoms with E-state index >= 15 is 0 Å². The van der Waals surface area contributed by atoms with Crippen LogP contribution < -0.4 is 16.8 Å². The van der Waals surface area contributed by atoms with Crippen LogP contribution in [0.25, 0.3) is 0 Å². The summed E-state index contributed by atoms with van der Waals surface area (Å²) in [5, 5.41) is 2.85. The van der Waals surface area contributed by atoms with Crippen molar-refractivity contribution in [1.29, 1.82) is 0 Å². The van der Waals surface area contributed by atoms with Crippen molar-refractivity contribution in [1.82, 2.24) is 5.32 Å². The van der Waals surface area contributed by atoms with Gasteiger partial charge in [-0.15, -0.1) is 11.6 Å². The van der Waals surface area contributed by atoms with E-state index in [1.165, 1.54) is 0 Å². The molecule has 0 aromatic heterocycles. The molecule has 0 heterocycles. The predicted octanol–water partition coefficient (Wildman–Crippen LogP) is 3.70. The van der Waals surface area contributed by atoms with Crippen molar-refractivity contribution >= 4 is 29.1 Å². The van der Waals surface area contributed by atoms with Crippen molar-refractivity contribution in [2.24, 2.45) is 17.4 Å². The number of ketones is 2. The number of nitrogens with two attached hydrogens (primary N) is 2. The molecule has 5 N–H and O–H groups in total. The lowest BCUT2D eigenvalue weighted by Crippen LogP contribution is -2.46. The number of amides is 1. The van der Waals surface area contributed by atoms with E-state index in [0.717, 1.165) is 17.5 Å². The molecule has 0 aliphatic heterocycles. The highest BCUT2D eigenvalue weighted by molar-refractivity contribution is 6.28. The van der Waals surface area contributed by atoms with E-state index in [4.69, 9.17) is 23.1 Å². The molecule has 2 aromatic carbocycles. The first-order valence-electron chi connectivity index (χ1n) is 12.0. The van der Waals surface area contributed by atoms with Gasteiger partial charge in [0.05, 0.1) is 18.0 Å². The van der Waals surface area contributed by atoms with Crippen LogP contribution in [0.15, 0.2) is 72.9 Å². The summed E-state index contributed by atoms with van der Waals surface area (Å²) in [4.78, 5) is 38.7. The Hall–Kier alpha value is -2.96. The van der Waals surface area contributed by atoms with Crippen LogP contribution >= 0.6 is 11.6 Å². The Balaban J connectivity index is 2.10. The number of benzene rings is 2. The molecule has 0 aliphatic carbocycles. The second kappa shape index (κ2) is 15.1. The van der Waals surface area contributed by atoms with Gasteiger partial charge in [0.2, 0.25) is 5.91 Å². The molecule has 188 valence electrons. The van der Waals surface area contributed by atoms with Gasteiger partial charge in [-0.3, -0.25) is 14.4 Å². The summed E-state index contributed by atoms with van der Waals surface area (Å²) < 4.78 is 0. The van der Waals surface area contributed by atoms with E-state index in [0.29, 0.717) is 37.8 Å². The van der Waals surface area contributed by atoms with E-state index < -0.39 is 18.0 Å². The van der Waals surface area contributed by atoms with E-state index in [-0.39, 0.29) is 29.8 Å². The van der Waals surface area contributed by atoms with Crippen molar-refractivity contribution in [3.63, 3.8) is 0 Å². The van der Waals surface area contributed by atoms with Crippen LogP contribution in [0.2, 0.25) is 0 Å². The number of Topliss-reactive ketones (excluding diaryl/α,β-unsaturated/α-hetero) is 2. The van der Waals surface area contributed by atoms with Crippen LogP contribution in [-0.2, 0) is 27.2 Å². The van der Waals surface area contributed by atoms with Crippen LogP contribution in [0.1, 0.15) is 43.2 Å². The quantitative estimate of drug-likeness (QED) is 0.241. The lowest BCUT2D eigenvalue weighted by molar-refractivity contribution is -0.132. The van der Waals surface area contributed by atoms with Crippen LogP contribution in [0.4, 0.5) is 0 Å². The summed E-state index contributed by atoms with van der Waals surface area (Å²) in [6.45, 7) is 3.68. The fourth-order valence-corrected chi connectivity index (χ4v) is 4.12. The maximum absolute atomic E-state index is 13.3. The Morgan fingerprint density at radius 2 is 1.46 bits per heavy atom. The number of hydrogen-bond acceptors (Lipinski definition) is 5. The number of unbranched alkanes of at least 4 members (excludes halogenated alkanes) is 1. The standard InChI is InChI=1S/C28H36ClN3O3/c1-20(30)10-8-9-15-25(27(34)19-29)32-28(35)23(16-21-11-4-2-5-12-21)18-26(33)24(31)17-22-13-6-3-7-14-22/h2-7,11-14,23-25H,1,8-10,15-19,30-31H2,(H,32,35)/t23-,24-,25+/m1/s1. The minimum Gasteiger partial charge on any atom is -0.403 e. The zero-order chi connectivity index (χ0) is 25.6. The zero-order valence-electron chi connectivity index (χ0n) is 20.1. The third-order valence-electron chi connectivity index (χ3n) is 5.93. The van der Waals surface area contributed by atoms with Crippen LogP contribution in [-0.4, -0.2) is 35.4 Å². The summed E-state index contributed by atoms with van der Waals surface area (Å²) in [6.07, 6.45) is 3.31. The molecule has 2 rings (SSSR count). The van der Waals surface area contributed by atoms with Gasteiger partial charge in [-0.2, -0.15) is 0 Å². The number of allylic oxidation sites excluding steroid dienone is 1. The molecular weight excluding hydrogens is 462 g/mol. The number of hydrogen-bond donors (Lipinski definition) is 3. The van der Waals surface area contributed by atoms with Crippen molar-refractivity contribution in [3.05, 3.63) is 84.1 Å². The topological polar surface area (TPSA) is 115 Å². The molecule has 35 heavy (non-hydrogen) atoms. The molecule has 0 spiro atoms. The van der Waals surface area contributed by atoms with Gasteiger partial charge in [-0.05, 0) is 43.2 Å². The Labute approximate surface area is 213 Å². The Bertz CT molecular complexity index is 966. The smallest absolute Gasteiger partial charge is 0.224 e. The number of halogens is 1. The molecule has 0 aliphatic rings. The van der Waals surface area contributed by atoms with Gasteiger partial charge in [0, 0.05) is 18.0 Å². The Morgan fingerprint density at radius 1 is 0.886 bits per heavy atom. The first kappa shape index (κ1) is 28.3. The number of rotatable bonds is 16. The Morgan fingerprint density at radius 3 is 2.00 bits per heavy atom. The molecule has 7 heteroatoms. The lowest BCUT2D eigenvalue weighted by Gasteiger charge is -2.22. The maximum Gasteiger partial charge on any atom is 0.224 e. The van der Waals surface area contributed by atoms with Gasteiger partial charge >= 0.3 is 0 Å². The molecule has 0 fully saturated rings. The molecule has 0 radical (unpaired) electrons. The second-order valence-corrected chi connectivity index (χ2v) is 9.19. The SMILES string of the molecule is C=C(N)CCCC[C@H](NC(=O)[C@@H](CC(=O)[C@H](N)Cc1ccccc1)Cc1ccccc1)C(=O)CCl. The molecule has 0 saturated carbocycles. The summed E-state index contributed by atoms with van der Waals surface area (Å²) in [5.74, 6) is -1.63. The van der Waals surface area contributed by atoms with E-state index in [2.05, 4.69) is 11.9 Å². The normalized spacial score (nSPS) is 13.4. The molecule has 0 unspecified atom stereocenters. The fraction of sp³-hybridized carbons (Fsp3) is 0.393. The van der Waals surface area contributed by atoms with Gasteiger partial charge in [0.1, 0.15) is 0 Å². The number of alkyl halides is 1. The highest BCUT2D eigenvalue weighted by Gasteiger charge is 2.28. The fourth-order valence-electron chi connectivity index (χ4n) is 3.93. The Kier molecular flexibility index (Phi) is 12.2. The summed E-state index contributed by atoms with van der Waals surface area (Å²) >= 11 is 5.80. The molecule has 2 aromatic rings. The van der Waals surface area contributed by atoms with Gasteiger partial charge in [0.25, 0.3) is 0 Å². The largest absolute Gasteiger partial charge is 0.403 e.